The highest BCUT2D eigenvalue weighted by Crippen LogP contribution is 2.22. The Labute approximate surface area is 439 Å². The minimum absolute atomic E-state index is 0.00165. The quantitative estimate of drug-likeness (QED) is 0.0719. The van der Waals surface area contributed by atoms with Crippen LogP contribution in [0.25, 0.3) is 0 Å². The highest BCUT2D eigenvalue weighted by molar-refractivity contribution is 6.07. The largest absolute Gasteiger partial charge is 0.494 e. The molecule has 1 aromatic carbocycles. The van der Waals surface area contributed by atoms with Crippen molar-refractivity contribution in [2.75, 3.05) is 39.3 Å². The molecule has 21 heteroatoms. The van der Waals surface area contributed by atoms with Crippen LogP contribution in [0.1, 0.15) is 182 Å². The van der Waals surface area contributed by atoms with E-state index in [1.54, 1.807) is 121 Å². The normalized spacial score (nSPS) is 14.0. The summed E-state index contributed by atoms with van der Waals surface area (Å²) in [6, 6.07) is 7.25. The molecule has 0 aliphatic carbocycles. The fraction of sp³-hybridized carbons (Fsp3) is 0.717. The van der Waals surface area contributed by atoms with Crippen molar-refractivity contribution in [3.05, 3.63) is 29.8 Å². The van der Waals surface area contributed by atoms with Gasteiger partial charge in [-0.1, -0.05) is 19.3 Å². The predicted octanol–water partition coefficient (Wildman–Crippen LogP) is 11.4. The van der Waals surface area contributed by atoms with E-state index in [0.29, 0.717) is 76.2 Å². The summed E-state index contributed by atoms with van der Waals surface area (Å²) in [7, 11) is 0. The van der Waals surface area contributed by atoms with E-state index >= 15 is 0 Å². The zero-order valence-electron chi connectivity index (χ0n) is 47.7. The van der Waals surface area contributed by atoms with Gasteiger partial charge in [-0.3, -0.25) is 15.2 Å². The van der Waals surface area contributed by atoms with Crippen LogP contribution in [0.4, 0.5) is 28.8 Å². The number of amidine groups is 1. The second-order valence-corrected chi connectivity index (χ2v) is 23.7. The standard InChI is InChI=1S/C53H88N8O13/c1-48(2,3)69-42(62)56-40(57-43(63)70-49(4,5)6)55-31-22-20-19-21-23-33-60(46(66)73-52(13,14)15)41(58-44(64)71-50(7,8)9)61(47(67)74-53(16,17)18)34-24-25-36-68-38-29-27-37(28-30-38)39-54-32-26-35-59(39)45(65)72-51(10,11)12/h27-30H,19-26,31-36H2,1-18H3,(H2,55,56,57,62,63)/b58-41+. The van der Waals surface area contributed by atoms with Crippen molar-refractivity contribution in [2.45, 2.75) is 210 Å². The average Bonchev–Trinajstić information content (AvgIpc) is 3.20. The third kappa shape index (κ3) is 27.8. The summed E-state index contributed by atoms with van der Waals surface area (Å²) in [6.45, 7) is 32.6. The number of unbranched alkanes of at least 4 members (excludes halogenated alkanes) is 5. The van der Waals surface area contributed by atoms with Crippen LogP contribution in [-0.2, 0) is 28.4 Å². The van der Waals surface area contributed by atoms with E-state index in [1.807, 2.05) is 32.9 Å². The van der Waals surface area contributed by atoms with E-state index in [4.69, 9.17) is 33.2 Å². The number of carbonyl (C=O) groups is 6. The number of guanidine groups is 2. The van der Waals surface area contributed by atoms with Gasteiger partial charge in [-0.2, -0.15) is 0 Å². The molecule has 6 amide bonds. The molecule has 1 heterocycles. The van der Waals surface area contributed by atoms with Gasteiger partial charge >= 0.3 is 36.6 Å². The summed E-state index contributed by atoms with van der Waals surface area (Å²) >= 11 is 0. The highest BCUT2D eigenvalue weighted by atomic mass is 16.6. The Bertz CT molecular complexity index is 2120. The zero-order chi connectivity index (χ0) is 56.3. The van der Waals surface area contributed by atoms with E-state index < -0.39 is 70.2 Å². The molecule has 0 saturated heterocycles. The summed E-state index contributed by atoms with van der Waals surface area (Å²) in [5.41, 5.74) is -4.39. The first-order valence-electron chi connectivity index (χ1n) is 25.6. The Morgan fingerprint density at radius 2 is 1.03 bits per heavy atom. The van der Waals surface area contributed by atoms with Gasteiger partial charge < -0.3 is 38.5 Å². The van der Waals surface area contributed by atoms with E-state index in [0.717, 1.165) is 16.9 Å². The maximum atomic E-state index is 14.2. The van der Waals surface area contributed by atoms with Gasteiger partial charge in [0.1, 0.15) is 45.2 Å². The number of nitrogens with zero attached hydrogens (tertiary/aromatic N) is 6. The number of aliphatic imine (C=N–C) groups is 3. The van der Waals surface area contributed by atoms with Gasteiger partial charge in [0.05, 0.1) is 6.61 Å². The Morgan fingerprint density at radius 3 is 1.53 bits per heavy atom. The summed E-state index contributed by atoms with van der Waals surface area (Å²) in [4.78, 5) is 96.5. The topological polar surface area (TPSA) is 238 Å². The fourth-order valence-corrected chi connectivity index (χ4v) is 6.44. The summed E-state index contributed by atoms with van der Waals surface area (Å²) < 4.78 is 39.6. The lowest BCUT2D eigenvalue weighted by Gasteiger charge is -2.34. The third-order valence-corrected chi connectivity index (χ3v) is 9.19. The monoisotopic (exact) mass is 1040 g/mol. The molecule has 74 heavy (non-hydrogen) atoms. The zero-order valence-corrected chi connectivity index (χ0v) is 47.7. The molecule has 0 fully saturated rings. The molecular weight excluding hydrogens is 957 g/mol. The van der Waals surface area contributed by atoms with Gasteiger partial charge in [0.2, 0.25) is 11.9 Å². The van der Waals surface area contributed by atoms with Crippen molar-refractivity contribution in [1.82, 2.24) is 25.3 Å². The molecule has 0 radical (unpaired) electrons. The molecule has 1 aromatic rings. The summed E-state index contributed by atoms with van der Waals surface area (Å²) in [5, 5.41) is 5.45. The first-order chi connectivity index (χ1) is 33.9. The van der Waals surface area contributed by atoms with Crippen LogP contribution < -0.4 is 15.4 Å². The number of alkyl carbamates (subject to hydrolysis) is 1. The van der Waals surface area contributed by atoms with Gasteiger partial charge in [0.15, 0.2) is 0 Å². The predicted molar refractivity (Wildman–Crippen MR) is 284 cm³/mol. The van der Waals surface area contributed by atoms with Gasteiger partial charge in [-0.25, -0.2) is 38.6 Å². The number of benzene rings is 1. The molecule has 0 spiro atoms. The average molecular weight is 1050 g/mol. The molecule has 2 N–H and O–H groups in total. The molecule has 0 saturated carbocycles. The van der Waals surface area contributed by atoms with Crippen LogP contribution in [-0.4, -0.2) is 142 Å². The van der Waals surface area contributed by atoms with Crippen molar-refractivity contribution in [2.24, 2.45) is 15.0 Å². The van der Waals surface area contributed by atoms with Crippen LogP contribution in [0.15, 0.2) is 39.2 Å². The van der Waals surface area contributed by atoms with Crippen LogP contribution in [0.2, 0.25) is 0 Å². The molecular formula is C53H88N8O13. The van der Waals surface area contributed by atoms with Gasteiger partial charge in [-0.15, -0.1) is 9.98 Å². The second kappa shape index (κ2) is 27.9. The second-order valence-electron chi connectivity index (χ2n) is 23.7. The molecule has 1 aliphatic rings. The molecule has 418 valence electrons. The van der Waals surface area contributed by atoms with Crippen LogP contribution in [0.3, 0.4) is 0 Å². The number of nitrogens with one attached hydrogen (secondary N) is 2. The molecule has 0 atom stereocenters. The van der Waals surface area contributed by atoms with E-state index in [2.05, 4.69) is 25.6 Å². The minimum Gasteiger partial charge on any atom is -0.494 e. The number of amides is 6. The molecule has 21 nitrogen and oxygen atoms in total. The lowest BCUT2D eigenvalue weighted by atomic mass is 10.1. The SMILES string of the molecule is CC(C)(C)OC(=O)/N=C(\NCCCCCCCN(C(=O)OC(C)(C)C)/C(=N\C(=O)OC(C)(C)C)N(CCCCOc1ccc(C2=NCCCN2C(=O)OC(C)(C)C)cc1)C(=O)OC(C)(C)C)NC(=O)OC(C)(C)C. The Morgan fingerprint density at radius 1 is 0.568 bits per heavy atom. The summed E-state index contributed by atoms with van der Waals surface area (Å²) in [6.07, 6.45) is -0.353. The molecule has 2 rings (SSSR count). The van der Waals surface area contributed by atoms with Crippen molar-refractivity contribution >= 4 is 54.3 Å². The van der Waals surface area contributed by atoms with E-state index in [1.165, 1.54) is 4.90 Å². The molecule has 1 aliphatic heterocycles. The first-order valence-corrected chi connectivity index (χ1v) is 25.6. The van der Waals surface area contributed by atoms with Crippen molar-refractivity contribution < 1.29 is 61.9 Å². The first kappa shape index (κ1) is 64.0. The third-order valence-electron chi connectivity index (χ3n) is 9.19. The fourth-order valence-electron chi connectivity index (χ4n) is 6.44. The Balaban J connectivity index is 2.30. The van der Waals surface area contributed by atoms with Crippen LogP contribution >= 0.6 is 0 Å². The smallest absolute Gasteiger partial charge is 0.437 e. The van der Waals surface area contributed by atoms with Crippen molar-refractivity contribution in [3.8, 4) is 5.75 Å². The maximum absolute atomic E-state index is 14.2. The maximum Gasteiger partial charge on any atom is 0.437 e. The van der Waals surface area contributed by atoms with Crippen molar-refractivity contribution in [3.63, 3.8) is 0 Å². The van der Waals surface area contributed by atoms with Gasteiger partial charge in [0, 0.05) is 38.3 Å². The lowest BCUT2D eigenvalue weighted by Crippen LogP contribution is -2.53. The lowest BCUT2D eigenvalue weighted by molar-refractivity contribution is 0.0266. The number of carbonyl (C=O) groups excluding carboxylic acids is 6. The molecule has 0 bridgehead atoms. The number of rotatable bonds is 15. The Hall–Kier alpha value is -6.15. The molecule has 0 unspecified atom stereocenters. The Kier molecular flexibility index (Phi) is 24.2. The minimum atomic E-state index is -1.03. The molecule has 0 aromatic heterocycles. The van der Waals surface area contributed by atoms with Crippen molar-refractivity contribution in [1.29, 1.82) is 0 Å². The number of hydrogen-bond donors (Lipinski definition) is 2. The van der Waals surface area contributed by atoms with Gasteiger partial charge in [0.25, 0.3) is 0 Å². The number of ether oxygens (including phenoxy) is 7. The highest BCUT2D eigenvalue weighted by Gasteiger charge is 2.36. The number of hydrogen-bond acceptors (Lipinski definition) is 14. The van der Waals surface area contributed by atoms with Gasteiger partial charge in [-0.05, 0) is 181 Å². The summed E-state index contributed by atoms with van der Waals surface area (Å²) in [5.74, 6) is 0.669. The van der Waals surface area contributed by atoms with Crippen LogP contribution in [0.5, 0.6) is 5.75 Å². The van der Waals surface area contributed by atoms with E-state index in [-0.39, 0.29) is 31.6 Å². The van der Waals surface area contributed by atoms with E-state index in [9.17, 15) is 28.8 Å². The van der Waals surface area contributed by atoms with Crippen LogP contribution in [0, 0.1) is 0 Å².